The lowest BCUT2D eigenvalue weighted by atomic mass is 10.0. The molecule has 3 aromatic rings. The number of hydrogen-bond donors (Lipinski definition) is 4. The van der Waals surface area contributed by atoms with Gasteiger partial charge in [-0.2, -0.15) is 0 Å². The van der Waals surface area contributed by atoms with Gasteiger partial charge in [0.25, 0.3) is 11.8 Å². The molecule has 1 unspecified atom stereocenters. The van der Waals surface area contributed by atoms with E-state index in [1.807, 2.05) is 0 Å². The van der Waals surface area contributed by atoms with Crippen LogP contribution in [0.15, 0.2) is 72.0 Å². The second kappa shape index (κ2) is 9.87. The molecule has 0 saturated carbocycles. The summed E-state index contributed by atoms with van der Waals surface area (Å²) >= 11 is 0. The molecule has 2 aliphatic heterocycles. The molecular weight excluding hydrogens is 460 g/mol. The van der Waals surface area contributed by atoms with E-state index in [1.165, 1.54) is 0 Å². The summed E-state index contributed by atoms with van der Waals surface area (Å²) in [4.78, 5) is 47.4. The number of aromatic nitrogens is 1. The molecule has 2 amide bonds. The van der Waals surface area contributed by atoms with Crippen molar-refractivity contribution in [1.29, 1.82) is 0 Å². The molecule has 1 atom stereocenters. The van der Waals surface area contributed by atoms with Gasteiger partial charge >= 0.3 is 5.97 Å². The summed E-state index contributed by atoms with van der Waals surface area (Å²) in [5.74, 6) is -0.871. The molecule has 1 aromatic heterocycles. The van der Waals surface area contributed by atoms with Gasteiger partial charge in [0.2, 0.25) is 0 Å². The van der Waals surface area contributed by atoms with Crippen LogP contribution in [0.1, 0.15) is 44.3 Å². The first-order valence-electron chi connectivity index (χ1n) is 11.5. The molecule has 0 bridgehead atoms. The summed E-state index contributed by atoms with van der Waals surface area (Å²) < 4.78 is 0. The van der Waals surface area contributed by atoms with Gasteiger partial charge in [0, 0.05) is 48.0 Å². The molecule has 3 heterocycles. The Morgan fingerprint density at radius 2 is 1.81 bits per heavy atom. The number of benzene rings is 2. The highest BCUT2D eigenvalue weighted by atomic mass is 16.4. The van der Waals surface area contributed by atoms with Gasteiger partial charge < -0.3 is 26.0 Å². The lowest BCUT2D eigenvalue weighted by Gasteiger charge is -2.26. The van der Waals surface area contributed by atoms with E-state index < -0.39 is 12.0 Å². The first kappa shape index (κ1) is 23.0. The number of fused-ring (bicyclic) bond motifs is 1. The fourth-order valence-corrected chi connectivity index (χ4v) is 4.34. The Bertz CT molecular complexity index is 1340. The Hall–Kier alpha value is -4.73. The van der Waals surface area contributed by atoms with Crippen molar-refractivity contribution in [3.05, 3.63) is 89.2 Å². The summed E-state index contributed by atoms with van der Waals surface area (Å²) in [5.41, 5.74) is 3.70. The third kappa shape index (κ3) is 4.88. The van der Waals surface area contributed by atoms with Crippen molar-refractivity contribution >= 4 is 35.1 Å². The maximum atomic E-state index is 13.3. The van der Waals surface area contributed by atoms with Gasteiger partial charge in [-0.25, -0.2) is 0 Å². The lowest BCUT2D eigenvalue weighted by molar-refractivity contribution is -0.138. The maximum absolute atomic E-state index is 13.3. The molecule has 4 N–H and O–H groups in total. The third-order valence-electron chi connectivity index (χ3n) is 6.12. The van der Waals surface area contributed by atoms with Crippen molar-refractivity contribution in [3.8, 4) is 0 Å². The molecule has 5 rings (SSSR count). The van der Waals surface area contributed by atoms with Gasteiger partial charge in [0.05, 0.1) is 19.0 Å². The number of nitrogens with zero attached hydrogens (tertiary/aromatic N) is 3. The standard InChI is InChI=1S/C26H24N6O4/c33-23(34)14-22(16-7-9-27-10-8-16)32-15-18-3-6-20(13-21(18)25(32)36)30-24(35)17-1-4-19(5-2-17)31-26-28-11-12-29-26/h1-10,13,22H,11-12,14-15H2,(H,30,35)(H,33,34)(H2,28,29,31). The van der Waals surface area contributed by atoms with E-state index in [1.54, 1.807) is 71.9 Å². The number of guanidine groups is 1. The fourth-order valence-electron chi connectivity index (χ4n) is 4.34. The highest BCUT2D eigenvalue weighted by Gasteiger charge is 2.35. The molecule has 2 aliphatic rings. The Kier molecular flexibility index (Phi) is 6.31. The lowest BCUT2D eigenvalue weighted by Crippen LogP contribution is -2.30. The SMILES string of the molecule is O=C(O)CC(c1ccncc1)N1Cc2ccc(NC(=O)c3ccc(NC4=NCCN4)cc3)cc2C1=O. The van der Waals surface area contributed by atoms with Crippen molar-refractivity contribution in [3.63, 3.8) is 0 Å². The van der Waals surface area contributed by atoms with Crippen LogP contribution in [-0.4, -0.2) is 51.8 Å². The van der Waals surface area contributed by atoms with Crippen molar-refractivity contribution in [2.24, 2.45) is 4.99 Å². The number of nitrogens with one attached hydrogen (secondary N) is 3. The quantitative estimate of drug-likeness (QED) is 0.405. The number of aliphatic carboxylic acids is 1. The average Bonchev–Trinajstić information content (AvgIpc) is 3.51. The smallest absolute Gasteiger partial charge is 0.305 e. The normalized spacial score (nSPS) is 15.1. The van der Waals surface area contributed by atoms with Crippen LogP contribution in [0.4, 0.5) is 11.4 Å². The number of amides is 2. The van der Waals surface area contributed by atoms with Gasteiger partial charge in [-0.15, -0.1) is 0 Å². The first-order chi connectivity index (χ1) is 17.5. The van der Waals surface area contributed by atoms with Crippen molar-refractivity contribution in [2.45, 2.75) is 19.0 Å². The molecular formula is C26H24N6O4. The summed E-state index contributed by atoms with van der Waals surface area (Å²) in [7, 11) is 0. The van der Waals surface area contributed by atoms with Gasteiger partial charge in [0.1, 0.15) is 0 Å². The molecule has 0 radical (unpaired) electrons. The van der Waals surface area contributed by atoms with E-state index in [2.05, 4.69) is 25.9 Å². The van der Waals surface area contributed by atoms with E-state index in [-0.39, 0.29) is 24.8 Å². The Labute approximate surface area is 207 Å². The number of hydrogen-bond acceptors (Lipinski definition) is 7. The largest absolute Gasteiger partial charge is 0.481 e. The number of aliphatic imine (C=N–C) groups is 1. The Balaban J connectivity index is 1.29. The zero-order valence-corrected chi connectivity index (χ0v) is 19.3. The van der Waals surface area contributed by atoms with Crippen LogP contribution in [0.5, 0.6) is 0 Å². The van der Waals surface area contributed by atoms with Crippen LogP contribution < -0.4 is 16.0 Å². The van der Waals surface area contributed by atoms with E-state index in [0.717, 1.165) is 24.3 Å². The molecule has 0 saturated heterocycles. The van der Waals surface area contributed by atoms with Crippen LogP contribution in [-0.2, 0) is 11.3 Å². The minimum absolute atomic E-state index is 0.221. The number of carbonyl (C=O) groups excluding carboxylic acids is 2. The molecule has 10 heteroatoms. The van der Waals surface area contributed by atoms with Crippen LogP contribution in [0, 0.1) is 0 Å². The monoisotopic (exact) mass is 484 g/mol. The van der Waals surface area contributed by atoms with Crippen LogP contribution >= 0.6 is 0 Å². The zero-order valence-electron chi connectivity index (χ0n) is 19.3. The zero-order chi connectivity index (χ0) is 25.1. The van der Waals surface area contributed by atoms with Crippen LogP contribution in [0.25, 0.3) is 0 Å². The Morgan fingerprint density at radius 1 is 1.06 bits per heavy atom. The second-order valence-corrected chi connectivity index (χ2v) is 8.51. The predicted molar refractivity (Wildman–Crippen MR) is 134 cm³/mol. The molecule has 2 aromatic carbocycles. The Morgan fingerprint density at radius 3 is 2.50 bits per heavy atom. The first-order valence-corrected chi connectivity index (χ1v) is 11.5. The van der Waals surface area contributed by atoms with E-state index >= 15 is 0 Å². The summed E-state index contributed by atoms with van der Waals surface area (Å²) in [5, 5.41) is 18.6. The molecule has 36 heavy (non-hydrogen) atoms. The second-order valence-electron chi connectivity index (χ2n) is 8.51. The topological polar surface area (TPSA) is 136 Å². The predicted octanol–water partition coefficient (Wildman–Crippen LogP) is 2.88. The molecule has 0 aliphatic carbocycles. The highest BCUT2D eigenvalue weighted by molar-refractivity contribution is 6.06. The van der Waals surface area contributed by atoms with Crippen LogP contribution in [0.3, 0.4) is 0 Å². The van der Waals surface area contributed by atoms with E-state index in [0.29, 0.717) is 28.3 Å². The van der Waals surface area contributed by atoms with Gasteiger partial charge in [-0.1, -0.05) is 6.07 Å². The molecule has 10 nitrogen and oxygen atoms in total. The van der Waals surface area contributed by atoms with Gasteiger partial charge in [-0.3, -0.25) is 24.4 Å². The number of carboxylic acids is 1. The minimum Gasteiger partial charge on any atom is -0.481 e. The molecule has 0 fully saturated rings. The number of carbonyl (C=O) groups is 3. The van der Waals surface area contributed by atoms with Gasteiger partial charge in [-0.05, 0) is 59.7 Å². The minimum atomic E-state index is -0.998. The number of rotatable bonds is 7. The number of anilines is 2. The van der Waals surface area contributed by atoms with Gasteiger partial charge in [0.15, 0.2) is 5.96 Å². The van der Waals surface area contributed by atoms with Crippen molar-refractivity contribution in [1.82, 2.24) is 15.2 Å². The van der Waals surface area contributed by atoms with Crippen molar-refractivity contribution < 1.29 is 19.5 Å². The van der Waals surface area contributed by atoms with E-state index in [9.17, 15) is 19.5 Å². The molecule has 0 spiro atoms. The van der Waals surface area contributed by atoms with Crippen LogP contribution in [0.2, 0.25) is 0 Å². The highest BCUT2D eigenvalue weighted by Crippen LogP contribution is 2.34. The number of carboxylic acid groups (broad SMARTS) is 1. The number of pyridine rings is 1. The summed E-state index contributed by atoms with van der Waals surface area (Å²) in [6.07, 6.45) is 2.93. The van der Waals surface area contributed by atoms with Crippen molar-refractivity contribution in [2.75, 3.05) is 23.7 Å². The fraction of sp³-hybridized carbons (Fsp3) is 0.192. The average molecular weight is 485 g/mol. The third-order valence-corrected chi connectivity index (χ3v) is 6.12. The summed E-state index contributed by atoms with van der Waals surface area (Å²) in [6.45, 7) is 1.82. The molecule has 182 valence electrons. The van der Waals surface area contributed by atoms with E-state index in [4.69, 9.17) is 0 Å². The maximum Gasteiger partial charge on any atom is 0.305 e. The summed E-state index contributed by atoms with van der Waals surface area (Å²) in [6, 6.07) is 15.0.